The molecule has 0 radical (unpaired) electrons. The molecule has 0 atom stereocenters. The fraction of sp³-hybridized carbons (Fsp3) is 0.533. The summed E-state index contributed by atoms with van der Waals surface area (Å²) < 4.78 is 28.1. The topological polar surface area (TPSA) is 78.5 Å². The van der Waals surface area contributed by atoms with Gasteiger partial charge in [-0.25, -0.2) is 0 Å². The summed E-state index contributed by atoms with van der Waals surface area (Å²) in [4.78, 5) is 11.7. The summed E-state index contributed by atoms with van der Waals surface area (Å²) in [6, 6.07) is 7.24. The van der Waals surface area contributed by atoms with Gasteiger partial charge in [-0.15, -0.1) is 0 Å². The van der Waals surface area contributed by atoms with Crippen LogP contribution in [-0.2, 0) is 21.5 Å². The lowest BCUT2D eigenvalue weighted by atomic mass is 10.2. The minimum Gasteiger partial charge on any atom is -0.326 e. The second-order valence-electron chi connectivity index (χ2n) is 5.37. The molecule has 0 aromatic heterocycles. The Labute approximate surface area is 132 Å². The Kier molecular flexibility index (Phi) is 5.55. The molecule has 1 saturated carbocycles. The molecule has 2 rings (SSSR count). The first kappa shape index (κ1) is 16.9. The zero-order chi connectivity index (χ0) is 16.2. The Morgan fingerprint density at radius 3 is 2.55 bits per heavy atom. The van der Waals surface area contributed by atoms with Gasteiger partial charge in [0, 0.05) is 31.2 Å². The summed E-state index contributed by atoms with van der Waals surface area (Å²) in [5, 5.41) is 2.86. The Bertz CT molecular complexity index is 623. The van der Waals surface area contributed by atoms with Crippen LogP contribution in [0.5, 0.6) is 0 Å². The number of hydrogen-bond donors (Lipinski definition) is 2. The molecule has 22 heavy (non-hydrogen) atoms. The number of amides is 1. The van der Waals surface area contributed by atoms with E-state index in [1.807, 2.05) is 18.2 Å². The van der Waals surface area contributed by atoms with Gasteiger partial charge in [-0.3, -0.25) is 4.79 Å². The van der Waals surface area contributed by atoms with Crippen LogP contribution in [0.2, 0.25) is 0 Å². The third kappa shape index (κ3) is 4.53. The van der Waals surface area contributed by atoms with Gasteiger partial charge in [-0.1, -0.05) is 26.0 Å². The average Bonchev–Trinajstić information content (AvgIpc) is 3.31. The van der Waals surface area contributed by atoms with Crippen molar-refractivity contribution in [2.45, 2.75) is 33.2 Å². The van der Waals surface area contributed by atoms with Crippen molar-refractivity contribution in [1.82, 2.24) is 9.03 Å². The number of carbonyl (C=O) groups excluding carboxylic acids is 1. The minimum atomic E-state index is -3.46. The molecule has 0 unspecified atom stereocenters. The molecule has 0 spiro atoms. The number of rotatable bonds is 8. The van der Waals surface area contributed by atoms with Gasteiger partial charge in [0.2, 0.25) is 5.91 Å². The number of carbonyl (C=O) groups is 1. The highest BCUT2D eigenvalue weighted by molar-refractivity contribution is 7.87. The molecule has 0 aliphatic heterocycles. The van der Waals surface area contributed by atoms with E-state index in [2.05, 4.69) is 10.0 Å². The van der Waals surface area contributed by atoms with Gasteiger partial charge in [0.05, 0.1) is 0 Å². The maximum atomic E-state index is 12.1. The summed E-state index contributed by atoms with van der Waals surface area (Å²) in [6.45, 7) is 4.67. The predicted octanol–water partition coefficient (Wildman–Crippen LogP) is 1.71. The number of hydrogen-bond acceptors (Lipinski definition) is 3. The van der Waals surface area contributed by atoms with Crippen molar-refractivity contribution >= 4 is 21.8 Å². The summed E-state index contributed by atoms with van der Waals surface area (Å²) in [6.07, 6.45) is 1.91. The number of nitrogens with one attached hydrogen (secondary N) is 2. The highest BCUT2D eigenvalue weighted by Crippen LogP contribution is 2.30. The third-order valence-corrected chi connectivity index (χ3v) is 5.35. The van der Waals surface area contributed by atoms with Gasteiger partial charge in [0.15, 0.2) is 0 Å². The third-order valence-electron chi connectivity index (χ3n) is 3.65. The normalized spacial score (nSPS) is 15.0. The molecule has 1 amide bonds. The fourth-order valence-electron chi connectivity index (χ4n) is 2.18. The van der Waals surface area contributed by atoms with Crippen LogP contribution < -0.4 is 10.0 Å². The van der Waals surface area contributed by atoms with E-state index >= 15 is 0 Å². The Morgan fingerprint density at radius 1 is 1.27 bits per heavy atom. The molecule has 0 saturated heterocycles. The Hall–Kier alpha value is -1.44. The first-order valence-electron chi connectivity index (χ1n) is 7.60. The van der Waals surface area contributed by atoms with Crippen LogP contribution in [0.3, 0.4) is 0 Å². The molecule has 1 aromatic rings. The smallest absolute Gasteiger partial charge is 0.279 e. The van der Waals surface area contributed by atoms with Crippen molar-refractivity contribution in [3.8, 4) is 0 Å². The van der Waals surface area contributed by atoms with Crippen LogP contribution >= 0.6 is 0 Å². The van der Waals surface area contributed by atoms with Crippen molar-refractivity contribution in [2.24, 2.45) is 5.92 Å². The van der Waals surface area contributed by atoms with Crippen LogP contribution in [0.1, 0.15) is 32.3 Å². The summed E-state index contributed by atoms with van der Waals surface area (Å²) in [5.41, 5.74) is 1.51. The molecule has 1 fully saturated rings. The summed E-state index contributed by atoms with van der Waals surface area (Å²) in [7, 11) is -3.46. The quantitative estimate of drug-likeness (QED) is 0.764. The second-order valence-corrected chi connectivity index (χ2v) is 7.13. The monoisotopic (exact) mass is 325 g/mol. The van der Waals surface area contributed by atoms with Gasteiger partial charge < -0.3 is 5.32 Å². The lowest BCUT2D eigenvalue weighted by Gasteiger charge is -2.19. The molecule has 6 nitrogen and oxygen atoms in total. The van der Waals surface area contributed by atoms with E-state index in [1.54, 1.807) is 19.9 Å². The molecule has 0 bridgehead atoms. The van der Waals surface area contributed by atoms with E-state index in [9.17, 15) is 13.2 Å². The van der Waals surface area contributed by atoms with E-state index in [0.717, 1.165) is 18.4 Å². The molecule has 1 aliphatic rings. The molecular formula is C15H23N3O3S. The molecule has 7 heteroatoms. The van der Waals surface area contributed by atoms with E-state index in [-0.39, 0.29) is 18.4 Å². The van der Waals surface area contributed by atoms with E-state index in [1.165, 1.54) is 4.31 Å². The maximum Gasteiger partial charge on any atom is 0.279 e. The van der Waals surface area contributed by atoms with Gasteiger partial charge in [-0.2, -0.15) is 17.4 Å². The lowest BCUT2D eigenvalue weighted by Crippen LogP contribution is -2.40. The largest absolute Gasteiger partial charge is 0.326 e. The highest BCUT2D eigenvalue weighted by atomic mass is 32.2. The average molecular weight is 325 g/mol. The number of benzene rings is 1. The summed E-state index contributed by atoms with van der Waals surface area (Å²) >= 11 is 0. The Balaban J connectivity index is 1.96. The van der Waals surface area contributed by atoms with Gasteiger partial charge in [0.1, 0.15) is 0 Å². The first-order chi connectivity index (χ1) is 10.5. The standard InChI is InChI=1S/C15H23N3O3S/c1-3-18(4-2)22(20,21)16-11-12-6-5-7-14(10-12)17-15(19)13-8-9-13/h5-7,10,13,16H,3-4,8-9,11H2,1-2H3,(H,17,19). The second kappa shape index (κ2) is 7.21. The van der Waals surface area contributed by atoms with Crippen LogP contribution in [0.4, 0.5) is 5.69 Å². The zero-order valence-corrected chi connectivity index (χ0v) is 13.8. The van der Waals surface area contributed by atoms with Crippen molar-refractivity contribution in [2.75, 3.05) is 18.4 Å². The maximum absolute atomic E-state index is 12.1. The molecule has 1 aliphatic carbocycles. The first-order valence-corrected chi connectivity index (χ1v) is 9.04. The fourth-order valence-corrected chi connectivity index (χ4v) is 3.39. The molecule has 122 valence electrons. The van der Waals surface area contributed by atoms with Crippen LogP contribution in [0.15, 0.2) is 24.3 Å². The number of nitrogens with zero attached hydrogens (tertiary/aromatic N) is 1. The van der Waals surface area contributed by atoms with E-state index in [4.69, 9.17) is 0 Å². The SMILES string of the molecule is CCN(CC)S(=O)(=O)NCc1cccc(NC(=O)C2CC2)c1. The molecular weight excluding hydrogens is 302 g/mol. The van der Waals surface area contributed by atoms with Crippen molar-refractivity contribution < 1.29 is 13.2 Å². The van der Waals surface area contributed by atoms with Gasteiger partial charge in [-0.05, 0) is 30.5 Å². The van der Waals surface area contributed by atoms with Gasteiger partial charge in [0.25, 0.3) is 10.2 Å². The molecule has 1 aromatic carbocycles. The molecule has 0 heterocycles. The summed E-state index contributed by atoms with van der Waals surface area (Å²) in [5.74, 6) is 0.186. The lowest BCUT2D eigenvalue weighted by molar-refractivity contribution is -0.117. The van der Waals surface area contributed by atoms with Crippen LogP contribution in [-0.4, -0.2) is 31.7 Å². The van der Waals surface area contributed by atoms with Gasteiger partial charge >= 0.3 is 0 Å². The van der Waals surface area contributed by atoms with Crippen molar-refractivity contribution in [3.05, 3.63) is 29.8 Å². The minimum absolute atomic E-state index is 0.0425. The molecule has 2 N–H and O–H groups in total. The highest BCUT2D eigenvalue weighted by Gasteiger charge is 2.29. The predicted molar refractivity (Wildman–Crippen MR) is 86.5 cm³/mol. The number of anilines is 1. The van der Waals surface area contributed by atoms with Crippen molar-refractivity contribution in [3.63, 3.8) is 0 Å². The zero-order valence-electron chi connectivity index (χ0n) is 13.0. The van der Waals surface area contributed by atoms with Crippen LogP contribution in [0.25, 0.3) is 0 Å². The van der Waals surface area contributed by atoms with E-state index < -0.39 is 10.2 Å². The van der Waals surface area contributed by atoms with E-state index in [0.29, 0.717) is 18.8 Å². The van der Waals surface area contributed by atoms with Crippen molar-refractivity contribution in [1.29, 1.82) is 0 Å². The van der Waals surface area contributed by atoms with Crippen LogP contribution in [0, 0.1) is 5.92 Å². The Morgan fingerprint density at radius 2 is 1.95 bits per heavy atom.